The van der Waals surface area contributed by atoms with Crippen LogP contribution in [0.15, 0.2) is 24.3 Å². The van der Waals surface area contributed by atoms with Gasteiger partial charge in [0.25, 0.3) is 0 Å². The Hall–Kier alpha value is -4.24. The SMILES string of the molecule is NC(=O)CCC(NC(=O)C(CO)NC(=O)C(N)Cc1ccc(O)cc1)C(=O)NC(CC(N)=O)C(=O)O. The first kappa shape index (κ1) is 29.8. The minimum atomic E-state index is -1.70. The normalized spacial score (nSPS) is 13.9. The molecule has 1 rings (SSSR count). The van der Waals surface area contributed by atoms with E-state index in [4.69, 9.17) is 22.3 Å². The first-order chi connectivity index (χ1) is 16.8. The molecular formula is C21H30N6O9. The fourth-order valence-electron chi connectivity index (χ4n) is 2.95. The molecule has 15 nitrogen and oxygen atoms in total. The number of aliphatic hydroxyl groups is 1. The summed E-state index contributed by atoms with van der Waals surface area (Å²) in [6, 6.07) is 0.0141. The van der Waals surface area contributed by atoms with Gasteiger partial charge in [0.15, 0.2) is 0 Å². The molecule has 198 valence electrons. The first-order valence-electron chi connectivity index (χ1n) is 10.7. The third kappa shape index (κ3) is 10.4. The van der Waals surface area contributed by atoms with Crippen LogP contribution in [0, 0.1) is 0 Å². The van der Waals surface area contributed by atoms with E-state index in [2.05, 4.69) is 10.6 Å². The van der Waals surface area contributed by atoms with E-state index in [1.165, 1.54) is 12.1 Å². The summed E-state index contributed by atoms with van der Waals surface area (Å²) in [6.07, 6.45) is -1.40. The summed E-state index contributed by atoms with van der Waals surface area (Å²) in [5.74, 6) is -6.27. The van der Waals surface area contributed by atoms with Crippen molar-refractivity contribution >= 4 is 35.5 Å². The summed E-state index contributed by atoms with van der Waals surface area (Å²) < 4.78 is 0. The molecule has 0 radical (unpaired) electrons. The van der Waals surface area contributed by atoms with Gasteiger partial charge in [0, 0.05) is 6.42 Å². The number of carbonyl (C=O) groups is 6. The van der Waals surface area contributed by atoms with Crippen molar-refractivity contribution in [2.45, 2.75) is 49.9 Å². The van der Waals surface area contributed by atoms with Gasteiger partial charge in [-0.25, -0.2) is 4.79 Å². The molecule has 4 unspecified atom stereocenters. The number of aliphatic carboxylic acids is 1. The number of phenolic OH excluding ortho intramolecular Hbond substituents is 1. The second-order valence-electron chi connectivity index (χ2n) is 7.86. The highest BCUT2D eigenvalue weighted by Gasteiger charge is 2.30. The predicted molar refractivity (Wildman–Crippen MR) is 123 cm³/mol. The number of nitrogens with one attached hydrogen (secondary N) is 3. The van der Waals surface area contributed by atoms with Crippen LogP contribution in [0.3, 0.4) is 0 Å². The molecule has 0 bridgehead atoms. The Morgan fingerprint density at radius 2 is 1.33 bits per heavy atom. The molecule has 1 aromatic rings. The molecule has 0 aliphatic rings. The Labute approximate surface area is 205 Å². The van der Waals surface area contributed by atoms with E-state index in [1.54, 1.807) is 12.1 Å². The Kier molecular flexibility index (Phi) is 11.8. The molecule has 0 saturated carbocycles. The highest BCUT2D eigenvalue weighted by atomic mass is 16.4. The summed E-state index contributed by atoms with van der Waals surface area (Å²) in [5, 5.41) is 34.5. The van der Waals surface area contributed by atoms with Gasteiger partial charge in [0.2, 0.25) is 29.5 Å². The van der Waals surface area contributed by atoms with Crippen LogP contribution in [0.2, 0.25) is 0 Å². The fraction of sp³-hybridized carbons (Fsp3) is 0.429. The van der Waals surface area contributed by atoms with Crippen molar-refractivity contribution in [1.29, 1.82) is 0 Å². The zero-order chi connectivity index (χ0) is 27.4. The van der Waals surface area contributed by atoms with Crippen molar-refractivity contribution in [1.82, 2.24) is 16.0 Å². The number of carboxylic acid groups (broad SMARTS) is 1. The second kappa shape index (κ2) is 14.2. The van der Waals surface area contributed by atoms with Crippen molar-refractivity contribution in [3.05, 3.63) is 29.8 Å². The largest absolute Gasteiger partial charge is 0.508 e. The Morgan fingerprint density at radius 1 is 0.806 bits per heavy atom. The predicted octanol–water partition coefficient (Wildman–Crippen LogP) is -4.07. The number of carboxylic acids is 1. The Balaban J connectivity index is 2.88. The first-order valence-corrected chi connectivity index (χ1v) is 10.7. The lowest BCUT2D eigenvalue weighted by Crippen LogP contribution is -2.58. The van der Waals surface area contributed by atoms with Gasteiger partial charge in [-0.05, 0) is 30.5 Å². The zero-order valence-electron chi connectivity index (χ0n) is 19.2. The van der Waals surface area contributed by atoms with E-state index in [0.717, 1.165) is 0 Å². The topological polar surface area (TPSA) is 277 Å². The third-order valence-electron chi connectivity index (χ3n) is 4.88. The van der Waals surface area contributed by atoms with Gasteiger partial charge >= 0.3 is 5.97 Å². The molecule has 4 atom stereocenters. The number of benzene rings is 1. The number of nitrogens with two attached hydrogens (primary N) is 3. The lowest BCUT2D eigenvalue weighted by molar-refractivity contribution is -0.144. The van der Waals surface area contributed by atoms with E-state index < -0.39 is 72.7 Å². The lowest BCUT2D eigenvalue weighted by atomic mass is 10.1. The molecule has 0 aromatic heterocycles. The van der Waals surface area contributed by atoms with Crippen molar-refractivity contribution < 1.29 is 44.1 Å². The number of hydrogen-bond donors (Lipinski definition) is 9. The van der Waals surface area contributed by atoms with Crippen molar-refractivity contribution in [2.24, 2.45) is 17.2 Å². The molecule has 36 heavy (non-hydrogen) atoms. The number of amides is 5. The van der Waals surface area contributed by atoms with Crippen molar-refractivity contribution in [2.75, 3.05) is 6.61 Å². The quantitative estimate of drug-likeness (QED) is 0.110. The maximum Gasteiger partial charge on any atom is 0.326 e. The molecule has 0 fully saturated rings. The van der Waals surface area contributed by atoms with Crippen LogP contribution in [-0.2, 0) is 35.2 Å². The summed E-state index contributed by atoms with van der Waals surface area (Å²) >= 11 is 0. The van der Waals surface area contributed by atoms with E-state index in [1.807, 2.05) is 5.32 Å². The van der Waals surface area contributed by atoms with Crippen molar-refractivity contribution in [3.8, 4) is 5.75 Å². The monoisotopic (exact) mass is 510 g/mol. The summed E-state index contributed by atoms with van der Waals surface area (Å²) in [6.45, 7) is -0.882. The standard InChI is InChI=1S/C21H30N6O9/c22-12(7-10-1-3-11(29)4-2-10)18(32)27-15(9-28)20(34)25-13(5-6-16(23)30)19(33)26-14(21(35)36)8-17(24)31/h1-4,12-15,28-29H,5-9,22H2,(H2,23,30)(H2,24,31)(H,25,34)(H,26,33)(H,27,32)(H,35,36). The molecule has 12 N–H and O–H groups in total. The minimum Gasteiger partial charge on any atom is -0.508 e. The van der Waals surface area contributed by atoms with Gasteiger partial charge in [-0.15, -0.1) is 0 Å². The maximum absolute atomic E-state index is 12.6. The third-order valence-corrected chi connectivity index (χ3v) is 4.88. The highest BCUT2D eigenvalue weighted by molar-refractivity contribution is 5.95. The average Bonchev–Trinajstić information content (AvgIpc) is 2.80. The van der Waals surface area contributed by atoms with Crippen molar-refractivity contribution in [3.63, 3.8) is 0 Å². The molecule has 0 heterocycles. The molecule has 0 aliphatic carbocycles. The molecule has 0 saturated heterocycles. The van der Waals surface area contributed by atoms with Crippen LogP contribution in [0.4, 0.5) is 0 Å². The van der Waals surface area contributed by atoms with E-state index in [9.17, 15) is 39.0 Å². The Bertz CT molecular complexity index is 969. The van der Waals surface area contributed by atoms with Crippen LogP contribution in [-0.4, -0.2) is 81.6 Å². The van der Waals surface area contributed by atoms with Gasteiger partial charge in [-0.3, -0.25) is 24.0 Å². The van der Waals surface area contributed by atoms with Crippen LogP contribution < -0.4 is 33.2 Å². The van der Waals surface area contributed by atoms with Gasteiger partial charge in [-0.2, -0.15) is 0 Å². The molecule has 5 amide bonds. The van der Waals surface area contributed by atoms with Gasteiger partial charge < -0.3 is 48.5 Å². The molecule has 0 spiro atoms. The average molecular weight is 511 g/mol. The van der Waals surface area contributed by atoms with Crippen LogP contribution >= 0.6 is 0 Å². The van der Waals surface area contributed by atoms with E-state index >= 15 is 0 Å². The van der Waals surface area contributed by atoms with E-state index in [0.29, 0.717) is 5.56 Å². The number of rotatable bonds is 15. The lowest BCUT2D eigenvalue weighted by Gasteiger charge is -2.24. The fourth-order valence-corrected chi connectivity index (χ4v) is 2.95. The maximum atomic E-state index is 12.6. The minimum absolute atomic E-state index is 0.0213. The van der Waals surface area contributed by atoms with Gasteiger partial charge in [-0.1, -0.05) is 12.1 Å². The summed E-state index contributed by atoms with van der Waals surface area (Å²) in [4.78, 5) is 71.1. The molecular weight excluding hydrogens is 480 g/mol. The Morgan fingerprint density at radius 3 is 1.83 bits per heavy atom. The van der Waals surface area contributed by atoms with Crippen LogP contribution in [0.25, 0.3) is 0 Å². The number of aromatic hydroxyl groups is 1. The molecule has 15 heteroatoms. The number of primary amides is 2. The van der Waals surface area contributed by atoms with E-state index in [-0.39, 0.29) is 25.0 Å². The molecule has 1 aromatic carbocycles. The molecule has 0 aliphatic heterocycles. The highest BCUT2D eigenvalue weighted by Crippen LogP contribution is 2.11. The number of aliphatic hydroxyl groups excluding tert-OH is 1. The second-order valence-corrected chi connectivity index (χ2v) is 7.86. The number of carbonyl (C=O) groups excluding carboxylic acids is 5. The smallest absolute Gasteiger partial charge is 0.326 e. The summed E-state index contributed by atoms with van der Waals surface area (Å²) in [7, 11) is 0. The summed E-state index contributed by atoms with van der Waals surface area (Å²) in [5.41, 5.74) is 16.5. The zero-order valence-corrected chi connectivity index (χ0v) is 19.2. The van der Waals surface area contributed by atoms with Gasteiger partial charge in [0.1, 0.15) is 23.9 Å². The van der Waals surface area contributed by atoms with Crippen LogP contribution in [0.5, 0.6) is 5.75 Å². The number of phenols is 1. The number of hydrogen-bond acceptors (Lipinski definition) is 9. The van der Waals surface area contributed by atoms with Gasteiger partial charge in [0.05, 0.1) is 19.1 Å². The van der Waals surface area contributed by atoms with Crippen LogP contribution in [0.1, 0.15) is 24.8 Å².